The molecule has 17 heavy (non-hydrogen) atoms. The zero-order valence-corrected chi connectivity index (χ0v) is 12.3. The van der Waals surface area contributed by atoms with E-state index in [4.69, 9.17) is 4.74 Å². The van der Waals surface area contributed by atoms with Crippen LogP contribution in [0.25, 0.3) is 0 Å². The second-order valence-corrected chi connectivity index (χ2v) is 5.77. The van der Waals surface area contributed by atoms with Gasteiger partial charge >= 0.3 is 0 Å². The van der Waals surface area contributed by atoms with E-state index in [0.717, 1.165) is 13.2 Å². The predicted octanol–water partition coefficient (Wildman–Crippen LogP) is 5.36. The quantitative estimate of drug-likeness (QED) is 0.330. The molecule has 0 rings (SSSR count). The monoisotopic (exact) mass is 240 g/mol. The lowest BCUT2D eigenvalue weighted by atomic mass is 9.84. The first-order chi connectivity index (χ1) is 8.12. The van der Waals surface area contributed by atoms with E-state index in [2.05, 4.69) is 27.4 Å². The van der Waals surface area contributed by atoms with E-state index in [1.807, 2.05) is 6.08 Å². The molecule has 0 atom stereocenters. The van der Waals surface area contributed by atoms with E-state index in [9.17, 15) is 0 Å². The lowest BCUT2D eigenvalue weighted by Gasteiger charge is -2.24. The van der Waals surface area contributed by atoms with Gasteiger partial charge in [0, 0.05) is 13.2 Å². The number of allylic oxidation sites excluding steroid dienone is 1. The van der Waals surface area contributed by atoms with Crippen molar-refractivity contribution in [1.29, 1.82) is 0 Å². The van der Waals surface area contributed by atoms with Gasteiger partial charge in [-0.25, -0.2) is 0 Å². The van der Waals surface area contributed by atoms with Crippen LogP contribution in [0, 0.1) is 5.41 Å². The molecule has 0 saturated heterocycles. The van der Waals surface area contributed by atoms with Crippen molar-refractivity contribution in [2.75, 3.05) is 13.2 Å². The highest BCUT2D eigenvalue weighted by Crippen LogP contribution is 2.27. The minimum absolute atomic E-state index is 0.445. The molecule has 0 radical (unpaired) electrons. The smallest absolute Gasteiger partial charge is 0.0471 e. The maximum absolute atomic E-state index is 5.64. The molecule has 0 bridgehead atoms. The Kier molecular flexibility index (Phi) is 10.6. The molecule has 0 saturated carbocycles. The first kappa shape index (κ1) is 16.7. The van der Waals surface area contributed by atoms with Crippen molar-refractivity contribution in [2.45, 2.75) is 72.1 Å². The molecule has 0 unspecified atom stereocenters. The molecule has 0 spiro atoms. The SMILES string of the molecule is C=CCCCCCC(C)(C)CCOCCCC. The molecule has 0 aromatic rings. The maximum atomic E-state index is 5.64. The Hall–Kier alpha value is -0.300. The van der Waals surface area contributed by atoms with Crippen molar-refractivity contribution in [3.8, 4) is 0 Å². The van der Waals surface area contributed by atoms with Gasteiger partial charge in [-0.3, -0.25) is 0 Å². The highest BCUT2D eigenvalue weighted by molar-refractivity contribution is 4.70. The number of unbranched alkanes of at least 4 members (excludes halogenated alkanes) is 4. The highest BCUT2D eigenvalue weighted by Gasteiger charge is 2.16. The molecule has 0 fully saturated rings. The van der Waals surface area contributed by atoms with E-state index in [1.54, 1.807) is 0 Å². The molecule has 1 heteroatoms. The summed E-state index contributed by atoms with van der Waals surface area (Å²) in [4.78, 5) is 0. The Morgan fingerprint density at radius 3 is 2.41 bits per heavy atom. The average Bonchev–Trinajstić information content (AvgIpc) is 2.28. The van der Waals surface area contributed by atoms with Crippen molar-refractivity contribution < 1.29 is 4.74 Å². The highest BCUT2D eigenvalue weighted by atomic mass is 16.5. The van der Waals surface area contributed by atoms with Crippen LogP contribution in [0.15, 0.2) is 12.7 Å². The van der Waals surface area contributed by atoms with Crippen molar-refractivity contribution >= 4 is 0 Å². The van der Waals surface area contributed by atoms with Crippen LogP contribution >= 0.6 is 0 Å². The van der Waals surface area contributed by atoms with Gasteiger partial charge in [0.15, 0.2) is 0 Å². The van der Waals surface area contributed by atoms with E-state index < -0.39 is 0 Å². The normalized spacial score (nSPS) is 11.7. The molecule has 0 aliphatic carbocycles. The van der Waals surface area contributed by atoms with Gasteiger partial charge in [-0.15, -0.1) is 6.58 Å². The third kappa shape index (κ3) is 12.0. The van der Waals surface area contributed by atoms with Crippen LogP contribution in [0.2, 0.25) is 0 Å². The molecular formula is C16H32O. The van der Waals surface area contributed by atoms with Gasteiger partial charge in [0.1, 0.15) is 0 Å². The van der Waals surface area contributed by atoms with Crippen LogP contribution in [0.3, 0.4) is 0 Å². The first-order valence-electron chi connectivity index (χ1n) is 7.31. The Morgan fingerprint density at radius 2 is 1.76 bits per heavy atom. The first-order valence-corrected chi connectivity index (χ1v) is 7.31. The molecule has 0 heterocycles. The summed E-state index contributed by atoms with van der Waals surface area (Å²) in [5, 5.41) is 0. The largest absolute Gasteiger partial charge is 0.381 e. The summed E-state index contributed by atoms with van der Waals surface area (Å²) in [6.07, 6.45) is 12.1. The zero-order chi connectivity index (χ0) is 13.0. The summed E-state index contributed by atoms with van der Waals surface area (Å²) in [6, 6.07) is 0. The lowest BCUT2D eigenvalue weighted by Crippen LogP contribution is -2.14. The van der Waals surface area contributed by atoms with Crippen LogP contribution in [-0.2, 0) is 4.74 Å². The predicted molar refractivity (Wildman–Crippen MR) is 77.4 cm³/mol. The number of ether oxygens (including phenoxy) is 1. The standard InChI is InChI=1S/C16H32O/c1-5-7-9-10-11-12-16(3,4)13-15-17-14-8-6-2/h5H,1,6-15H2,2-4H3. The number of hydrogen-bond acceptors (Lipinski definition) is 1. The summed E-state index contributed by atoms with van der Waals surface area (Å²) in [6.45, 7) is 12.6. The van der Waals surface area contributed by atoms with Gasteiger partial charge in [-0.05, 0) is 37.5 Å². The summed E-state index contributed by atoms with van der Waals surface area (Å²) in [7, 11) is 0. The number of hydrogen-bond donors (Lipinski definition) is 0. The van der Waals surface area contributed by atoms with Gasteiger partial charge in [0.2, 0.25) is 0 Å². The summed E-state index contributed by atoms with van der Waals surface area (Å²) in [5.41, 5.74) is 0.445. The summed E-state index contributed by atoms with van der Waals surface area (Å²) in [5.74, 6) is 0. The fourth-order valence-electron chi connectivity index (χ4n) is 1.89. The third-order valence-corrected chi connectivity index (χ3v) is 3.33. The third-order valence-electron chi connectivity index (χ3n) is 3.33. The molecule has 0 N–H and O–H groups in total. The average molecular weight is 240 g/mol. The van der Waals surface area contributed by atoms with Crippen molar-refractivity contribution in [2.24, 2.45) is 5.41 Å². The van der Waals surface area contributed by atoms with Crippen molar-refractivity contribution in [3.05, 3.63) is 12.7 Å². The topological polar surface area (TPSA) is 9.23 Å². The molecule has 0 aromatic heterocycles. The fourth-order valence-corrected chi connectivity index (χ4v) is 1.89. The maximum Gasteiger partial charge on any atom is 0.0471 e. The van der Waals surface area contributed by atoms with Crippen LogP contribution in [0.4, 0.5) is 0 Å². The molecule has 1 nitrogen and oxygen atoms in total. The summed E-state index contributed by atoms with van der Waals surface area (Å²) < 4.78 is 5.64. The van der Waals surface area contributed by atoms with Crippen LogP contribution in [0.1, 0.15) is 72.1 Å². The van der Waals surface area contributed by atoms with Gasteiger partial charge in [-0.1, -0.05) is 46.1 Å². The molecule has 0 aliphatic rings. The second-order valence-electron chi connectivity index (χ2n) is 5.77. The molecule has 0 aliphatic heterocycles. The van der Waals surface area contributed by atoms with E-state index in [1.165, 1.54) is 51.4 Å². The van der Waals surface area contributed by atoms with Crippen LogP contribution in [-0.4, -0.2) is 13.2 Å². The Balaban J connectivity index is 3.41. The van der Waals surface area contributed by atoms with E-state index in [-0.39, 0.29) is 0 Å². The van der Waals surface area contributed by atoms with Gasteiger partial charge in [0.25, 0.3) is 0 Å². The van der Waals surface area contributed by atoms with E-state index >= 15 is 0 Å². The Bertz CT molecular complexity index is 172. The summed E-state index contributed by atoms with van der Waals surface area (Å²) >= 11 is 0. The lowest BCUT2D eigenvalue weighted by molar-refractivity contribution is 0.0981. The van der Waals surface area contributed by atoms with Crippen molar-refractivity contribution in [1.82, 2.24) is 0 Å². The van der Waals surface area contributed by atoms with Gasteiger partial charge in [0.05, 0.1) is 0 Å². The second kappa shape index (κ2) is 10.8. The Morgan fingerprint density at radius 1 is 1.00 bits per heavy atom. The molecule has 0 aromatic carbocycles. The Labute approximate surface area is 109 Å². The number of rotatable bonds is 12. The molecule has 102 valence electrons. The van der Waals surface area contributed by atoms with Gasteiger partial charge in [-0.2, -0.15) is 0 Å². The van der Waals surface area contributed by atoms with Crippen LogP contribution < -0.4 is 0 Å². The van der Waals surface area contributed by atoms with E-state index in [0.29, 0.717) is 5.41 Å². The minimum atomic E-state index is 0.445. The molecular weight excluding hydrogens is 208 g/mol. The van der Waals surface area contributed by atoms with Crippen molar-refractivity contribution in [3.63, 3.8) is 0 Å². The fraction of sp³-hybridized carbons (Fsp3) is 0.875. The van der Waals surface area contributed by atoms with Gasteiger partial charge < -0.3 is 4.74 Å². The minimum Gasteiger partial charge on any atom is -0.381 e. The zero-order valence-electron chi connectivity index (χ0n) is 12.3. The van der Waals surface area contributed by atoms with Crippen LogP contribution in [0.5, 0.6) is 0 Å². The molecule has 0 amide bonds.